The molecule has 0 spiro atoms. The quantitative estimate of drug-likeness (QED) is 0.755. The third-order valence-corrected chi connectivity index (χ3v) is 4.19. The smallest absolute Gasteiger partial charge is 0.240 e. The number of amides is 1. The largest absolute Gasteiger partial charge is 0.378 e. The maximum atomic E-state index is 12.0. The van der Waals surface area contributed by atoms with Crippen LogP contribution in [0.5, 0.6) is 0 Å². The fourth-order valence-electron chi connectivity index (χ4n) is 2.66. The van der Waals surface area contributed by atoms with Gasteiger partial charge in [0.25, 0.3) is 0 Å². The van der Waals surface area contributed by atoms with Gasteiger partial charge < -0.3 is 15.8 Å². The predicted molar refractivity (Wildman–Crippen MR) is 66.5 cm³/mol. The molecule has 2 fully saturated rings. The van der Waals surface area contributed by atoms with Gasteiger partial charge in [0.1, 0.15) is 0 Å². The Hall–Kier alpha value is -0.610. The maximum absolute atomic E-state index is 12.0. The first kappa shape index (κ1) is 12.8. The van der Waals surface area contributed by atoms with E-state index in [2.05, 4.69) is 12.2 Å². The summed E-state index contributed by atoms with van der Waals surface area (Å²) < 4.78 is 5.61. The van der Waals surface area contributed by atoms with E-state index in [9.17, 15) is 4.79 Å². The minimum Gasteiger partial charge on any atom is -0.378 e. The average molecular weight is 240 g/mol. The van der Waals surface area contributed by atoms with E-state index < -0.39 is 5.54 Å². The van der Waals surface area contributed by atoms with Gasteiger partial charge in [-0.1, -0.05) is 6.92 Å². The first-order chi connectivity index (χ1) is 8.05. The molecule has 0 aromatic rings. The van der Waals surface area contributed by atoms with Crippen molar-refractivity contribution in [3.05, 3.63) is 0 Å². The predicted octanol–water partition coefficient (Wildman–Crippen LogP) is 1.05. The molecule has 3 unspecified atom stereocenters. The molecule has 98 valence electrons. The third-order valence-electron chi connectivity index (χ3n) is 4.19. The number of nitrogens with one attached hydrogen (secondary N) is 1. The van der Waals surface area contributed by atoms with E-state index in [0.717, 1.165) is 32.3 Å². The molecule has 0 aromatic carbocycles. The lowest BCUT2D eigenvalue weighted by atomic mass is 9.95. The van der Waals surface area contributed by atoms with Gasteiger partial charge in [0.15, 0.2) is 0 Å². The molecule has 0 aromatic heterocycles. The number of rotatable bonds is 5. The molecule has 1 saturated heterocycles. The number of carbonyl (C=O) groups excluding carboxylic acids is 1. The second-order valence-corrected chi connectivity index (χ2v) is 5.63. The van der Waals surface area contributed by atoms with Crippen LogP contribution in [0.4, 0.5) is 0 Å². The molecule has 3 N–H and O–H groups in total. The lowest BCUT2D eigenvalue weighted by Crippen LogP contribution is -2.54. The molecular weight excluding hydrogens is 216 g/mol. The summed E-state index contributed by atoms with van der Waals surface area (Å²) in [6.07, 6.45) is 4.54. The molecule has 4 nitrogen and oxygen atoms in total. The summed E-state index contributed by atoms with van der Waals surface area (Å²) in [6, 6.07) is 0. The molecular formula is C13H24N2O2. The van der Waals surface area contributed by atoms with Crippen molar-refractivity contribution < 1.29 is 9.53 Å². The summed E-state index contributed by atoms with van der Waals surface area (Å²) in [6.45, 7) is 5.50. The van der Waals surface area contributed by atoms with Crippen LogP contribution in [0.1, 0.15) is 39.5 Å². The van der Waals surface area contributed by atoms with Gasteiger partial charge in [0, 0.05) is 19.1 Å². The molecule has 3 atom stereocenters. The second kappa shape index (κ2) is 4.94. The van der Waals surface area contributed by atoms with Gasteiger partial charge in [-0.05, 0) is 38.5 Å². The van der Waals surface area contributed by atoms with E-state index in [1.807, 2.05) is 6.92 Å². The molecule has 1 heterocycles. The summed E-state index contributed by atoms with van der Waals surface area (Å²) in [5.74, 6) is 0.838. The summed E-state index contributed by atoms with van der Waals surface area (Å²) in [4.78, 5) is 12.0. The van der Waals surface area contributed by atoms with Crippen LogP contribution in [-0.2, 0) is 9.53 Å². The highest BCUT2D eigenvalue weighted by molar-refractivity contribution is 5.86. The van der Waals surface area contributed by atoms with Crippen LogP contribution in [0.3, 0.4) is 0 Å². The van der Waals surface area contributed by atoms with E-state index >= 15 is 0 Å². The van der Waals surface area contributed by atoms with Crippen LogP contribution in [0, 0.1) is 11.8 Å². The minimum absolute atomic E-state index is 0.00162. The molecule has 2 rings (SSSR count). The molecule has 1 aliphatic carbocycles. The summed E-state index contributed by atoms with van der Waals surface area (Å²) in [5.41, 5.74) is 5.39. The Bertz CT molecular complexity index is 287. The van der Waals surface area contributed by atoms with Crippen molar-refractivity contribution in [3.63, 3.8) is 0 Å². The van der Waals surface area contributed by atoms with Gasteiger partial charge in [-0.3, -0.25) is 4.79 Å². The standard InChI is InChI=1S/C13H24N2O2/c1-3-11-9(6-7-17-11)8-15-12(16)13(2,14)10-4-5-10/h9-11H,3-8,14H2,1-2H3,(H,15,16). The Kier molecular flexibility index (Phi) is 3.73. The second-order valence-electron chi connectivity index (χ2n) is 5.63. The Morgan fingerprint density at radius 3 is 2.76 bits per heavy atom. The van der Waals surface area contributed by atoms with Gasteiger partial charge in [0.05, 0.1) is 11.6 Å². The van der Waals surface area contributed by atoms with E-state index in [-0.39, 0.29) is 5.91 Å². The molecule has 4 heteroatoms. The minimum atomic E-state index is -0.679. The van der Waals surface area contributed by atoms with E-state index in [1.54, 1.807) is 0 Å². The first-order valence-electron chi connectivity index (χ1n) is 6.74. The molecule has 2 aliphatic rings. The fraction of sp³-hybridized carbons (Fsp3) is 0.923. The van der Waals surface area contributed by atoms with Crippen molar-refractivity contribution in [3.8, 4) is 0 Å². The molecule has 17 heavy (non-hydrogen) atoms. The van der Waals surface area contributed by atoms with Crippen molar-refractivity contribution in [1.82, 2.24) is 5.32 Å². The number of nitrogens with two attached hydrogens (primary N) is 1. The number of ether oxygens (including phenoxy) is 1. The highest BCUT2D eigenvalue weighted by atomic mass is 16.5. The van der Waals surface area contributed by atoms with Crippen LogP contribution in [0.2, 0.25) is 0 Å². The maximum Gasteiger partial charge on any atom is 0.240 e. The van der Waals surface area contributed by atoms with Gasteiger partial charge in [-0.2, -0.15) is 0 Å². The summed E-state index contributed by atoms with van der Waals surface area (Å²) in [7, 11) is 0. The first-order valence-corrected chi connectivity index (χ1v) is 6.74. The van der Waals surface area contributed by atoms with Crippen LogP contribution in [0.15, 0.2) is 0 Å². The molecule has 1 amide bonds. The number of carbonyl (C=O) groups is 1. The monoisotopic (exact) mass is 240 g/mol. The van der Waals surface area contributed by atoms with E-state index in [4.69, 9.17) is 10.5 Å². The average Bonchev–Trinajstić information content (AvgIpc) is 3.06. The van der Waals surface area contributed by atoms with E-state index in [1.165, 1.54) is 0 Å². The normalized spacial score (nSPS) is 32.2. The lowest BCUT2D eigenvalue weighted by Gasteiger charge is -2.25. The van der Waals surface area contributed by atoms with E-state index in [0.29, 0.717) is 24.5 Å². The molecule has 1 saturated carbocycles. The zero-order valence-corrected chi connectivity index (χ0v) is 10.9. The van der Waals surface area contributed by atoms with Crippen LogP contribution >= 0.6 is 0 Å². The summed E-state index contributed by atoms with van der Waals surface area (Å²) in [5, 5.41) is 3.01. The van der Waals surface area contributed by atoms with Gasteiger partial charge in [0.2, 0.25) is 5.91 Å². The van der Waals surface area contributed by atoms with Crippen molar-refractivity contribution >= 4 is 5.91 Å². The van der Waals surface area contributed by atoms with Crippen molar-refractivity contribution in [2.75, 3.05) is 13.2 Å². The van der Waals surface area contributed by atoms with Gasteiger partial charge in [-0.25, -0.2) is 0 Å². The van der Waals surface area contributed by atoms with Crippen LogP contribution < -0.4 is 11.1 Å². The van der Waals surface area contributed by atoms with Crippen LogP contribution in [0.25, 0.3) is 0 Å². The lowest BCUT2D eigenvalue weighted by molar-refractivity contribution is -0.126. The van der Waals surface area contributed by atoms with Gasteiger partial charge >= 0.3 is 0 Å². The zero-order valence-electron chi connectivity index (χ0n) is 10.9. The van der Waals surface area contributed by atoms with Crippen molar-refractivity contribution in [1.29, 1.82) is 0 Å². The van der Waals surface area contributed by atoms with Gasteiger partial charge in [-0.15, -0.1) is 0 Å². The molecule has 1 aliphatic heterocycles. The Labute approximate surface area is 103 Å². The molecule has 0 bridgehead atoms. The highest BCUT2D eigenvalue weighted by Gasteiger charge is 2.44. The Balaban J connectivity index is 1.79. The fourth-order valence-corrected chi connectivity index (χ4v) is 2.66. The Morgan fingerprint density at radius 2 is 2.18 bits per heavy atom. The summed E-state index contributed by atoms with van der Waals surface area (Å²) >= 11 is 0. The Morgan fingerprint density at radius 1 is 1.47 bits per heavy atom. The van der Waals surface area contributed by atoms with Crippen LogP contribution in [-0.4, -0.2) is 30.7 Å². The number of hydrogen-bond acceptors (Lipinski definition) is 3. The zero-order chi connectivity index (χ0) is 12.5. The highest BCUT2D eigenvalue weighted by Crippen LogP contribution is 2.38. The topological polar surface area (TPSA) is 64.3 Å². The van der Waals surface area contributed by atoms with Crippen molar-refractivity contribution in [2.24, 2.45) is 17.6 Å². The van der Waals surface area contributed by atoms with Crippen molar-refractivity contribution in [2.45, 2.75) is 51.2 Å². The molecule has 0 radical (unpaired) electrons. The number of hydrogen-bond donors (Lipinski definition) is 2. The SMILES string of the molecule is CCC1OCCC1CNC(=O)C(C)(N)C1CC1. The third kappa shape index (κ3) is 2.80.